The first-order chi connectivity index (χ1) is 12.4. The molecule has 0 spiro atoms. The molecule has 0 fully saturated rings. The van der Waals surface area contributed by atoms with E-state index in [-0.39, 0.29) is 16.2 Å². The van der Waals surface area contributed by atoms with E-state index in [0.29, 0.717) is 5.69 Å². The standard InChI is InChI=1S/C17H15FN4O3S/c1-12-9-13(18)7-8-16(12)26(24,25)21-20-17(23)15-10-19-11-22(15)14-5-3-2-4-6-14/h2-11,21H,1H3,(H,20,23). The molecule has 0 unspecified atom stereocenters. The molecule has 0 aliphatic heterocycles. The number of hydrogen-bond donors (Lipinski definition) is 2. The Labute approximate surface area is 149 Å². The minimum atomic E-state index is -4.05. The molecular formula is C17H15FN4O3S. The van der Waals surface area contributed by atoms with E-state index in [0.717, 1.165) is 18.2 Å². The molecular weight excluding hydrogens is 359 g/mol. The van der Waals surface area contributed by atoms with E-state index in [1.165, 1.54) is 24.0 Å². The van der Waals surface area contributed by atoms with Gasteiger partial charge in [-0.2, -0.15) is 0 Å². The van der Waals surface area contributed by atoms with Crippen LogP contribution in [0.15, 0.2) is 66.0 Å². The van der Waals surface area contributed by atoms with Crippen molar-refractivity contribution in [3.63, 3.8) is 0 Å². The van der Waals surface area contributed by atoms with E-state index >= 15 is 0 Å². The lowest BCUT2D eigenvalue weighted by atomic mass is 10.2. The Kier molecular flexibility index (Phi) is 4.83. The average molecular weight is 374 g/mol. The van der Waals surface area contributed by atoms with Crippen LogP contribution in [-0.4, -0.2) is 23.9 Å². The molecule has 7 nitrogen and oxygen atoms in total. The normalized spacial score (nSPS) is 11.3. The van der Waals surface area contributed by atoms with Gasteiger partial charge in [0.25, 0.3) is 15.9 Å². The second-order valence-corrected chi connectivity index (χ2v) is 7.10. The lowest BCUT2D eigenvalue weighted by molar-refractivity contribution is 0.0938. The summed E-state index contributed by atoms with van der Waals surface area (Å²) < 4.78 is 39.3. The van der Waals surface area contributed by atoms with Gasteiger partial charge in [0, 0.05) is 5.69 Å². The van der Waals surface area contributed by atoms with Gasteiger partial charge in [0.1, 0.15) is 11.5 Å². The Balaban J connectivity index is 1.79. The Bertz CT molecular complexity index is 1050. The minimum absolute atomic E-state index is 0.129. The molecule has 0 aliphatic carbocycles. The van der Waals surface area contributed by atoms with Crippen molar-refractivity contribution in [2.24, 2.45) is 0 Å². The van der Waals surface area contributed by atoms with Gasteiger partial charge in [-0.3, -0.25) is 14.8 Å². The van der Waals surface area contributed by atoms with Crippen molar-refractivity contribution in [3.05, 3.63) is 78.1 Å². The fraction of sp³-hybridized carbons (Fsp3) is 0.0588. The van der Waals surface area contributed by atoms with Gasteiger partial charge in [0.05, 0.1) is 17.4 Å². The molecule has 2 aromatic carbocycles. The molecule has 1 heterocycles. The van der Waals surface area contributed by atoms with Crippen molar-refractivity contribution in [2.75, 3.05) is 0 Å². The van der Waals surface area contributed by atoms with Crippen LogP contribution in [-0.2, 0) is 10.0 Å². The maximum Gasteiger partial charge on any atom is 0.284 e. The minimum Gasteiger partial charge on any atom is -0.295 e. The summed E-state index contributed by atoms with van der Waals surface area (Å²) in [7, 11) is -4.05. The first kappa shape index (κ1) is 17.8. The first-order valence-corrected chi connectivity index (χ1v) is 9.03. The second kappa shape index (κ2) is 7.06. The van der Waals surface area contributed by atoms with E-state index in [2.05, 4.69) is 10.4 Å². The predicted octanol–water partition coefficient (Wildman–Crippen LogP) is 1.94. The fourth-order valence-corrected chi connectivity index (χ4v) is 3.47. The zero-order valence-corrected chi connectivity index (χ0v) is 14.5. The van der Waals surface area contributed by atoms with Crippen molar-refractivity contribution < 1.29 is 17.6 Å². The number of nitrogens with zero attached hydrogens (tertiary/aromatic N) is 2. The van der Waals surface area contributed by atoms with Crippen molar-refractivity contribution in [1.29, 1.82) is 0 Å². The quantitative estimate of drug-likeness (QED) is 0.668. The summed E-state index contributed by atoms with van der Waals surface area (Å²) in [6, 6.07) is 12.3. The average Bonchev–Trinajstić information content (AvgIpc) is 3.10. The number of sulfonamides is 1. The molecule has 0 atom stereocenters. The lowest BCUT2D eigenvalue weighted by Crippen LogP contribution is -2.42. The van der Waals surface area contributed by atoms with Gasteiger partial charge in [0.15, 0.2) is 0 Å². The topological polar surface area (TPSA) is 93.1 Å². The number of imidazole rings is 1. The molecule has 9 heteroatoms. The summed E-state index contributed by atoms with van der Waals surface area (Å²) in [6.07, 6.45) is 2.77. The smallest absolute Gasteiger partial charge is 0.284 e. The number of benzene rings is 2. The number of halogens is 1. The molecule has 0 radical (unpaired) electrons. The molecule has 26 heavy (non-hydrogen) atoms. The Morgan fingerprint density at radius 2 is 1.88 bits per heavy atom. The van der Waals surface area contributed by atoms with E-state index < -0.39 is 21.7 Å². The third kappa shape index (κ3) is 3.63. The number of aryl methyl sites for hydroxylation is 1. The van der Waals surface area contributed by atoms with E-state index in [9.17, 15) is 17.6 Å². The van der Waals surface area contributed by atoms with Gasteiger partial charge >= 0.3 is 0 Å². The molecule has 134 valence electrons. The zero-order valence-electron chi connectivity index (χ0n) is 13.7. The van der Waals surface area contributed by atoms with Crippen LogP contribution in [0, 0.1) is 12.7 Å². The number of carbonyl (C=O) groups excluding carboxylic acids is 1. The number of aromatic nitrogens is 2. The zero-order chi connectivity index (χ0) is 18.7. The van der Waals surface area contributed by atoms with Gasteiger partial charge in [-0.05, 0) is 42.8 Å². The summed E-state index contributed by atoms with van der Waals surface area (Å²) in [4.78, 5) is 18.2. The molecule has 0 saturated heterocycles. The number of amides is 1. The van der Waals surface area contributed by atoms with Gasteiger partial charge in [-0.25, -0.2) is 17.8 Å². The highest BCUT2D eigenvalue weighted by Crippen LogP contribution is 2.15. The molecule has 1 amide bonds. The summed E-state index contributed by atoms with van der Waals surface area (Å²) in [5, 5.41) is 0. The van der Waals surface area contributed by atoms with Crippen LogP contribution in [0.5, 0.6) is 0 Å². The maximum absolute atomic E-state index is 13.1. The van der Waals surface area contributed by atoms with Gasteiger partial charge in [-0.1, -0.05) is 18.2 Å². The van der Waals surface area contributed by atoms with Gasteiger partial charge < -0.3 is 0 Å². The van der Waals surface area contributed by atoms with E-state index in [1.807, 2.05) is 10.9 Å². The predicted molar refractivity (Wildman–Crippen MR) is 92.5 cm³/mol. The fourth-order valence-electron chi connectivity index (χ4n) is 2.40. The summed E-state index contributed by atoms with van der Waals surface area (Å²) in [5.41, 5.74) is 3.22. The van der Waals surface area contributed by atoms with Gasteiger partial charge in [-0.15, -0.1) is 4.83 Å². The number of hydrogen-bond acceptors (Lipinski definition) is 4. The Hall–Kier alpha value is -3.04. The Morgan fingerprint density at radius 1 is 1.15 bits per heavy atom. The SMILES string of the molecule is Cc1cc(F)ccc1S(=O)(=O)NNC(=O)c1cncn1-c1ccccc1. The highest BCUT2D eigenvalue weighted by atomic mass is 32.2. The van der Waals surface area contributed by atoms with Crippen LogP contribution in [0.25, 0.3) is 5.69 Å². The van der Waals surface area contributed by atoms with Crippen LogP contribution in [0.3, 0.4) is 0 Å². The summed E-state index contributed by atoms with van der Waals surface area (Å²) >= 11 is 0. The third-order valence-electron chi connectivity index (χ3n) is 3.63. The molecule has 3 rings (SSSR count). The molecule has 0 aliphatic rings. The number of hydrazine groups is 1. The molecule has 0 bridgehead atoms. The van der Waals surface area contributed by atoms with Gasteiger partial charge in [0.2, 0.25) is 0 Å². The number of para-hydroxylation sites is 1. The highest BCUT2D eigenvalue weighted by Gasteiger charge is 2.20. The Morgan fingerprint density at radius 3 is 2.58 bits per heavy atom. The first-order valence-electron chi connectivity index (χ1n) is 7.54. The molecule has 0 saturated carbocycles. The largest absolute Gasteiger partial charge is 0.295 e. The lowest BCUT2D eigenvalue weighted by Gasteiger charge is -2.11. The van der Waals surface area contributed by atoms with E-state index in [4.69, 9.17) is 0 Å². The number of nitrogens with one attached hydrogen (secondary N) is 2. The molecule has 3 aromatic rings. The van der Waals surface area contributed by atoms with Crippen molar-refractivity contribution in [3.8, 4) is 5.69 Å². The van der Waals surface area contributed by atoms with Crippen LogP contribution in [0.2, 0.25) is 0 Å². The summed E-state index contributed by atoms with van der Waals surface area (Å²) in [5.74, 6) is -1.23. The monoisotopic (exact) mass is 374 g/mol. The molecule has 1 aromatic heterocycles. The van der Waals surface area contributed by atoms with Crippen molar-refractivity contribution in [2.45, 2.75) is 11.8 Å². The highest BCUT2D eigenvalue weighted by molar-refractivity contribution is 7.89. The van der Waals surface area contributed by atoms with E-state index in [1.54, 1.807) is 24.3 Å². The number of carbonyl (C=O) groups is 1. The van der Waals surface area contributed by atoms with Crippen molar-refractivity contribution in [1.82, 2.24) is 19.8 Å². The second-order valence-electron chi connectivity index (χ2n) is 5.45. The number of rotatable bonds is 5. The van der Waals surface area contributed by atoms with Crippen molar-refractivity contribution >= 4 is 15.9 Å². The molecule has 2 N–H and O–H groups in total. The van der Waals surface area contributed by atoms with Crippen LogP contribution in [0.1, 0.15) is 16.1 Å². The summed E-state index contributed by atoms with van der Waals surface area (Å²) in [6.45, 7) is 1.46. The van der Waals surface area contributed by atoms with Crippen LogP contribution < -0.4 is 10.3 Å². The van der Waals surface area contributed by atoms with Crippen LogP contribution in [0.4, 0.5) is 4.39 Å². The maximum atomic E-state index is 13.1. The van der Waals surface area contributed by atoms with Crippen LogP contribution >= 0.6 is 0 Å². The third-order valence-corrected chi connectivity index (χ3v) is 5.04.